The first kappa shape index (κ1) is 16.2. The Kier molecular flexibility index (Phi) is 5.22. The Bertz CT molecular complexity index is 444. The first-order valence-electron chi connectivity index (χ1n) is 8.14. The van der Waals surface area contributed by atoms with Crippen LogP contribution in [0.2, 0.25) is 0 Å². The maximum absolute atomic E-state index is 6.25. The molecule has 4 heteroatoms. The molecule has 0 saturated heterocycles. The summed E-state index contributed by atoms with van der Waals surface area (Å²) in [5, 5.41) is 3.77. The van der Waals surface area contributed by atoms with Crippen molar-refractivity contribution >= 4 is 5.82 Å². The number of rotatable bonds is 6. The number of nitrogens with one attached hydrogen (secondary N) is 1. The molecule has 1 aromatic rings. The number of aryl methyl sites for hydroxylation is 1. The number of nitrogens with zero attached hydrogens (tertiary/aromatic N) is 2. The van der Waals surface area contributed by atoms with Gasteiger partial charge in [-0.2, -0.15) is 0 Å². The fourth-order valence-corrected chi connectivity index (χ4v) is 3.80. The molecule has 1 atom stereocenters. The van der Waals surface area contributed by atoms with E-state index >= 15 is 0 Å². The normalized spacial score (nSPS) is 19.1. The van der Waals surface area contributed by atoms with E-state index in [0.29, 0.717) is 5.82 Å². The molecule has 0 spiro atoms. The molecule has 21 heavy (non-hydrogen) atoms. The zero-order chi connectivity index (χ0) is 15.5. The molecule has 1 heterocycles. The average Bonchev–Trinajstić information content (AvgIpc) is 2.92. The van der Waals surface area contributed by atoms with Crippen molar-refractivity contribution in [1.29, 1.82) is 0 Å². The van der Waals surface area contributed by atoms with E-state index in [4.69, 9.17) is 5.73 Å². The fraction of sp³-hybridized carbons (Fsp3) is 0.706. The van der Waals surface area contributed by atoms with Crippen LogP contribution in [0.25, 0.3) is 0 Å². The summed E-state index contributed by atoms with van der Waals surface area (Å²) in [6, 6.07) is 2.33. The topological polar surface area (TPSA) is 54.2 Å². The molecule has 0 aliphatic heterocycles. The van der Waals surface area contributed by atoms with Crippen LogP contribution in [-0.2, 0) is 0 Å². The van der Waals surface area contributed by atoms with E-state index in [9.17, 15) is 0 Å². The molecule has 1 aliphatic rings. The monoisotopic (exact) mass is 290 g/mol. The van der Waals surface area contributed by atoms with Gasteiger partial charge in [0.15, 0.2) is 0 Å². The predicted molar refractivity (Wildman–Crippen MR) is 89.3 cm³/mol. The number of nitrogen functional groups attached to an aromatic ring is 1. The maximum atomic E-state index is 6.25. The van der Waals surface area contributed by atoms with Gasteiger partial charge in [0.25, 0.3) is 0 Å². The number of hydrogen-bond donors (Lipinski definition) is 2. The summed E-state index contributed by atoms with van der Waals surface area (Å²) < 4.78 is 0. The first-order valence-corrected chi connectivity index (χ1v) is 8.14. The molecule has 0 aromatic carbocycles. The molecular formula is C17H30N4. The van der Waals surface area contributed by atoms with E-state index in [1.54, 1.807) is 0 Å². The van der Waals surface area contributed by atoms with Crippen LogP contribution in [0.4, 0.5) is 5.82 Å². The molecule has 118 valence electrons. The fourth-order valence-electron chi connectivity index (χ4n) is 3.80. The van der Waals surface area contributed by atoms with Gasteiger partial charge in [-0.05, 0) is 58.5 Å². The molecule has 0 bridgehead atoms. The van der Waals surface area contributed by atoms with Gasteiger partial charge in [-0.25, -0.2) is 4.98 Å². The number of likely N-dealkylation sites (N-methyl/N-ethyl adjacent to an activating group) is 1. The molecule has 1 unspecified atom stereocenters. The molecular weight excluding hydrogens is 260 g/mol. The van der Waals surface area contributed by atoms with Crippen molar-refractivity contribution in [2.45, 2.75) is 57.5 Å². The summed E-state index contributed by atoms with van der Waals surface area (Å²) in [6.45, 7) is 5.36. The molecule has 0 amide bonds. The van der Waals surface area contributed by atoms with Crippen molar-refractivity contribution in [2.24, 2.45) is 0 Å². The lowest BCUT2D eigenvalue weighted by Gasteiger charge is -2.44. The molecule has 1 aromatic heterocycles. The highest BCUT2D eigenvalue weighted by Gasteiger charge is 2.44. The van der Waals surface area contributed by atoms with Gasteiger partial charge in [-0.3, -0.25) is 0 Å². The minimum absolute atomic E-state index is 0.150. The van der Waals surface area contributed by atoms with Crippen LogP contribution >= 0.6 is 0 Å². The average molecular weight is 290 g/mol. The van der Waals surface area contributed by atoms with E-state index in [-0.39, 0.29) is 11.6 Å². The second-order valence-electron chi connectivity index (χ2n) is 6.52. The van der Waals surface area contributed by atoms with Gasteiger partial charge < -0.3 is 16.0 Å². The Labute approximate surface area is 129 Å². The van der Waals surface area contributed by atoms with Gasteiger partial charge in [0.1, 0.15) is 5.82 Å². The summed E-state index contributed by atoms with van der Waals surface area (Å²) in [5.41, 5.74) is 8.84. The van der Waals surface area contributed by atoms with Crippen LogP contribution in [0.15, 0.2) is 12.3 Å². The van der Waals surface area contributed by atoms with E-state index in [1.165, 1.54) is 36.8 Å². The van der Waals surface area contributed by atoms with Crippen molar-refractivity contribution in [1.82, 2.24) is 15.2 Å². The first-order chi connectivity index (χ1) is 10.0. The lowest BCUT2D eigenvalue weighted by molar-refractivity contribution is 0.104. The highest BCUT2D eigenvalue weighted by atomic mass is 15.2. The van der Waals surface area contributed by atoms with Crippen molar-refractivity contribution in [2.75, 3.05) is 26.4 Å². The molecule has 0 radical (unpaired) electrons. The van der Waals surface area contributed by atoms with Crippen LogP contribution in [-0.4, -0.2) is 36.1 Å². The summed E-state index contributed by atoms with van der Waals surface area (Å²) in [6.07, 6.45) is 7.95. The number of hydrogen-bond acceptors (Lipinski definition) is 4. The Balaban J connectivity index is 2.47. The van der Waals surface area contributed by atoms with Crippen molar-refractivity contribution < 1.29 is 0 Å². The molecule has 1 fully saturated rings. The number of pyridine rings is 1. The standard InChI is InChI=1S/C17H30N4/c1-5-11-19-15(14-13(2)8-12-20-16(14)18)17(21(3)4)9-6-7-10-17/h8,12,15,19H,5-7,9-11H2,1-4H3,(H2,18,20). The third-order valence-corrected chi connectivity index (χ3v) is 5.02. The van der Waals surface area contributed by atoms with E-state index in [0.717, 1.165) is 13.0 Å². The maximum Gasteiger partial charge on any atom is 0.128 e. The highest BCUT2D eigenvalue weighted by Crippen LogP contribution is 2.45. The van der Waals surface area contributed by atoms with Gasteiger partial charge in [-0.1, -0.05) is 19.8 Å². The second-order valence-corrected chi connectivity index (χ2v) is 6.52. The Morgan fingerprint density at radius 2 is 2.05 bits per heavy atom. The quantitative estimate of drug-likeness (QED) is 0.846. The van der Waals surface area contributed by atoms with Gasteiger partial charge in [0.05, 0.1) is 6.04 Å². The Morgan fingerprint density at radius 3 is 2.57 bits per heavy atom. The summed E-state index contributed by atoms with van der Waals surface area (Å²) in [5.74, 6) is 0.678. The van der Waals surface area contributed by atoms with E-state index in [1.807, 2.05) is 6.20 Å². The van der Waals surface area contributed by atoms with Crippen molar-refractivity contribution in [3.8, 4) is 0 Å². The van der Waals surface area contributed by atoms with Crippen LogP contribution in [0.3, 0.4) is 0 Å². The predicted octanol–water partition coefficient (Wildman–Crippen LogP) is 2.89. The van der Waals surface area contributed by atoms with Crippen LogP contribution in [0.1, 0.15) is 56.2 Å². The largest absolute Gasteiger partial charge is 0.383 e. The van der Waals surface area contributed by atoms with Crippen molar-refractivity contribution in [3.05, 3.63) is 23.4 Å². The second kappa shape index (κ2) is 6.75. The third kappa shape index (κ3) is 3.06. The molecule has 1 aliphatic carbocycles. The van der Waals surface area contributed by atoms with Crippen molar-refractivity contribution in [3.63, 3.8) is 0 Å². The van der Waals surface area contributed by atoms with E-state index < -0.39 is 0 Å². The smallest absolute Gasteiger partial charge is 0.128 e. The lowest BCUT2D eigenvalue weighted by atomic mass is 9.81. The lowest BCUT2D eigenvalue weighted by Crippen LogP contribution is -2.52. The van der Waals surface area contributed by atoms with Crippen LogP contribution in [0.5, 0.6) is 0 Å². The summed E-state index contributed by atoms with van der Waals surface area (Å²) in [7, 11) is 4.40. The minimum Gasteiger partial charge on any atom is -0.383 e. The molecule has 3 N–H and O–H groups in total. The molecule has 1 saturated carbocycles. The molecule has 4 nitrogen and oxygen atoms in total. The zero-order valence-corrected chi connectivity index (χ0v) is 13.9. The minimum atomic E-state index is 0.150. The van der Waals surface area contributed by atoms with E-state index in [2.05, 4.69) is 49.2 Å². The van der Waals surface area contributed by atoms with Gasteiger partial charge in [0, 0.05) is 17.3 Å². The number of nitrogens with two attached hydrogens (primary N) is 1. The van der Waals surface area contributed by atoms with Gasteiger partial charge >= 0.3 is 0 Å². The number of aromatic nitrogens is 1. The van der Waals surface area contributed by atoms with Gasteiger partial charge in [0.2, 0.25) is 0 Å². The summed E-state index contributed by atoms with van der Waals surface area (Å²) >= 11 is 0. The number of anilines is 1. The highest BCUT2D eigenvalue weighted by molar-refractivity contribution is 5.47. The third-order valence-electron chi connectivity index (χ3n) is 5.02. The zero-order valence-electron chi connectivity index (χ0n) is 13.9. The Morgan fingerprint density at radius 1 is 1.38 bits per heavy atom. The van der Waals surface area contributed by atoms with Gasteiger partial charge in [-0.15, -0.1) is 0 Å². The summed E-state index contributed by atoms with van der Waals surface area (Å²) in [4.78, 5) is 6.75. The SMILES string of the molecule is CCCNC(c1c(C)ccnc1N)C1(N(C)C)CCCC1. The molecule has 2 rings (SSSR count). The Hall–Kier alpha value is -1.13. The van der Waals surface area contributed by atoms with Crippen LogP contribution in [0, 0.1) is 6.92 Å². The van der Waals surface area contributed by atoms with Crippen LogP contribution < -0.4 is 11.1 Å².